The summed E-state index contributed by atoms with van der Waals surface area (Å²) in [6.07, 6.45) is 0. The third-order valence-electron chi connectivity index (χ3n) is 2.73. The van der Waals surface area contributed by atoms with Crippen LogP contribution in [0.3, 0.4) is 0 Å². The highest BCUT2D eigenvalue weighted by atomic mass is 79.9. The lowest BCUT2D eigenvalue weighted by atomic mass is 10.2. The van der Waals surface area contributed by atoms with Gasteiger partial charge in [0, 0.05) is 35.6 Å². The average molecular weight is 370 g/mol. The highest BCUT2D eigenvalue weighted by molar-refractivity contribution is 9.10. The zero-order valence-electron chi connectivity index (χ0n) is 11.7. The van der Waals surface area contributed by atoms with Crippen LogP contribution in [0, 0.1) is 0 Å². The van der Waals surface area contributed by atoms with E-state index >= 15 is 0 Å². The molecule has 0 bridgehead atoms. The number of rotatable bonds is 5. The maximum Gasteiger partial charge on any atom is 0.301 e. The Morgan fingerprint density at radius 1 is 0.952 bits per heavy atom. The van der Waals surface area contributed by atoms with E-state index in [0.29, 0.717) is 5.69 Å². The van der Waals surface area contributed by atoms with Gasteiger partial charge in [-0.05, 0) is 42.5 Å². The van der Waals surface area contributed by atoms with Gasteiger partial charge < -0.3 is 5.32 Å². The minimum Gasteiger partial charge on any atom is -0.355 e. The normalized spacial score (nSPS) is 11.4. The van der Waals surface area contributed by atoms with E-state index in [2.05, 4.69) is 26.0 Å². The quantitative estimate of drug-likeness (QED) is 0.848. The number of hydrogen-bond acceptors (Lipinski definition) is 3. The maximum absolute atomic E-state index is 11.7. The summed E-state index contributed by atoms with van der Waals surface area (Å²) >= 11 is 3.41. The Labute approximate surface area is 133 Å². The van der Waals surface area contributed by atoms with Crippen LogP contribution in [-0.4, -0.2) is 26.8 Å². The zero-order valence-corrected chi connectivity index (χ0v) is 14.1. The van der Waals surface area contributed by atoms with E-state index in [1.165, 1.54) is 14.1 Å². The standard InChI is InChI=1S/C14H16BrN3O2S/c1-18(2)21(19,20)17-13-8-6-12(7-9-13)16-14-5-3-4-11(15)10-14/h3-10,16-17H,1-2H3. The Bertz CT molecular complexity index is 715. The third kappa shape index (κ3) is 4.45. The third-order valence-corrected chi connectivity index (χ3v) is 4.67. The van der Waals surface area contributed by atoms with Crippen molar-refractivity contribution in [1.29, 1.82) is 0 Å². The summed E-state index contributed by atoms with van der Waals surface area (Å²) < 4.78 is 28.0. The molecule has 0 atom stereocenters. The number of benzene rings is 2. The average Bonchev–Trinajstić information content (AvgIpc) is 2.40. The monoisotopic (exact) mass is 369 g/mol. The Kier molecular flexibility index (Phi) is 4.87. The molecule has 2 N–H and O–H groups in total. The van der Waals surface area contributed by atoms with Crippen molar-refractivity contribution < 1.29 is 8.42 Å². The predicted octanol–water partition coefficient (Wildman–Crippen LogP) is 3.41. The molecule has 0 aliphatic rings. The van der Waals surface area contributed by atoms with E-state index in [-0.39, 0.29) is 0 Å². The number of nitrogens with one attached hydrogen (secondary N) is 2. The van der Waals surface area contributed by atoms with Crippen LogP contribution in [0.25, 0.3) is 0 Å². The number of anilines is 3. The van der Waals surface area contributed by atoms with Crippen molar-refractivity contribution in [1.82, 2.24) is 4.31 Å². The van der Waals surface area contributed by atoms with Crippen molar-refractivity contribution in [3.8, 4) is 0 Å². The van der Waals surface area contributed by atoms with Gasteiger partial charge in [-0.15, -0.1) is 0 Å². The van der Waals surface area contributed by atoms with Gasteiger partial charge in [-0.3, -0.25) is 4.72 Å². The lowest BCUT2D eigenvalue weighted by Crippen LogP contribution is -2.28. The Hall–Kier alpha value is -1.57. The van der Waals surface area contributed by atoms with E-state index in [4.69, 9.17) is 0 Å². The van der Waals surface area contributed by atoms with Crippen molar-refractivity contribution in [3.63, 3.8) is 0 Å². The van der Waals surface area contributed by atoms with Gasteiger partial charge >= 0.3 is 10.2 Å². The van der Waals surface area contributed by atoms with E-state index < -0.39 is 10.2 Å². The summed E-state index contributed by atoms with van der Waals surface area (Å²) in [6, 6.07) is 14.8. The fourth-order valence-corrected chi connectivity index (χ4v) is 2.61. The second-order valence-electron chi connectivity index (χ2n) is 4.60. The summed E-state index contributed by atoms with van der Waals surface area (Å²) in [7, 11) is -0.516. The minimum absolute atomic E-state index is 0.517. The number of halogens is 1. The fourth-order valence-electron chi connectivity index (χ4n) is 1.59. The van der Waals surface area contributed by atoms with Gasteiger partial charge in [-0.1, -0.05) is 22.0 Å². The Morgan fingerprint density at radius 3 is 2.14 bits per heavy atom. The van der Waals surface area contributed by atoms with Crippen molar-refractivity contribution in [2.75, 3.05) is 24.1 Å². The van der Waals surface area contributed by atoms with Gasteiger partial charge in [0.25, 0.3) is 0 Å². The van der Waals surface area contributed by atoms with Crippen LogP contribution in [0.1, 0.15) is 0 Å². The molecule has 5 nitrogen and oxygen atoms in total. The molecule has 0 saturated carbocycles. The number of hydrogen-bond donors (Lipinski definition) is 2. The molecule has 0 fully saturated rings. The highest BCUT2D eigenvalue weighted by Crippen LogP contribution is 2.22. The van der Waals surface area contributed by atoms with Gasteiger partial charge in [0.2, 0.25) is 0 Å². The first-order chi connectivity index (χ1) is 9.87. The van der Waals surface area contributed by atoms with Crippen molar-refractivity contribution in [2.45, 2.75) is 0 Å². The molecule has 0 heterocycles. The van der Waals surface area contributed by atoms with E-state index in [1.54, 1.807) is 12.1 Å². The van der Waals surface area contributed by atoms with E-state index in [9.17, 15) is 8.42 Å². The summed E-state index contributed by atoms with van der Waals surface area (Å²) in [4.78, 5) is 0. The molecule has 2 aromatic carbocycles. The fraction of sp³-hybridized carbons (Fsp3) is 0.143. The molecule has 0 radical (unpaired) electrons. The molecule has 0 unspecified atom stereocenters. The van der Waals surface area contributed by atoms with Crippen LogP contribution in [-0.2, 0) is 10.2 Å². The molecule has 0 aromatic heterocycles. The van der Waals surface area contributed by atoms with Crippen LogP contribution in [0.15, 0.2) is 53.0 Å². The molecule has 2 aromatic rings. The molecule has 2 rings (SSSR count). The largest absolute Gasteiger partial charge is 0.355 e. The van der Waals surface area contributed by atoms with Gasteiger partial charge in [0.1, 0.15) is 0 Å². The van der Waals surface area contributed by atoms with Crippen LogP contribution in [0.4, 0.5) is 17.1 Å². The molecule has 0 amide bonds. The van der Waals surface area contributed by atoms with Gasteiger partial charge in [-0.25, -0.2) is 0 Å². The van der Waals surface area contributed by atoms with Crippen LogP contribution >= 0.6 is 15.9 Å². The zero-order chi connectivity index (χ0) is 15.5. The molecule has 0 saturated heterocycles. The van der Waals surface area contributed by atoms with Crippen LogP contribution in [0.5, 0.6) is 0 Å². The highest BCUT2D eigenvalue weighted by Gasteiger charge is 2.12. The first-order valence-corrected chi connectivity index (χ1v) is 8.43. The summed E-state index contributed by atoms with van der Waals surface area (Å²) in [6.45, 7) is 0. The number of nitrogens with zero attached hydrogens (tertiary/aromatic N) is 1. The van der Waals surface area contributed by atoms with Gasteiger partial charge in [0.05, 0.1) is 0 Å². The summed E-state index contributed by atoms with van der Waals surface area (Å²) in [5, 5.41) is 3.24. The molecule has 0 spiro atoms. The van der Waals surface area contributed by atoms with Gasteiger partial charge in [-0.2, -0.15) is 12.7 Å². The maximum atomic E-state index is 11.7. The summed E-state index contributed by atoms with van der Waals surface area (Å²) in [5.41, 5.74) is 2.34. The van der Waals surface area contributed by atoms with E-state index in [1.807, 2.05) is 36.4 Å². The predicted molar refractivity (Wildman–Crippen MR) is 90.1 cm³/mol. The van der Waals surface area contributed by atoms with Gasteiger partial charge in [0.15, 0.2) is 0 Å². The first kappa shape index (κ1) is 15.8. The lowest BCUT2D eigenvalue weighted by molar-refractivity contribution is 0.527. The van der Waals surface area contributed by atoms with Crippen LogP contribution in [0.2, 0.25) is 0 Å². The summed E-state index contributed by atoms with van der Waals surface area (Å²) in [5.74, 6) is 0. The molecule has 21 heavy (non-hydrogen) atoms. The van der Waals surface area contributed by atoms with Crippen molar-refractivity contribution in [2.24, 2.45) is 0 Å². The lowest BCUT2D eigenvalue weighted by Gasteiger charge is -2.14. The smallest absolute Gasteiger partial charge is 0.301 e. The Balaban J connectivity index is 2.09. The molecule has 0 aliphatic heterocycles. The Morgan fingerprint density at radius 2 is 1.57 bits per heavy atom. The molecular weight excluding hydrogens is 354 g/mol. The SMILES string of the molecule is CN(C)S(=O)(=O)Nc1ccc(Nc2cccc(Br)c2)cc1. The molecular formula is C14H16BrN3O2S. The first-order valence-electron chi connectivity index (χ1n) is 6.20. The molecule has 112 valence electrons. The van der Waals surface area contributed by atoms with E-state index in [0.717, 1.165) is 20.2 Å². The molecule has 7 heteroatoms. The van der Waals surface area contributed by atoms with Crippen LogP contribution < -0.4 is 10.0 Å². The van der Waals surface area contributed by atoms with Crippen molar-refractivity contribution >= 4 is 43.2 Å². The molecule has 0 aliphatic carbocycles. The minimum atomic E-state index is -3.47. The van der Waals surface area contributed by atoms with Crippen molar-refractivity contribution in [3.05, 3.63) is 53.0 Å². The second-order valence-corrected chi connectivity index (χ2v) is 7.40. The second kappa shape index (κ2) is 6.46. The topological polar surface area (TPSA) is 61.4 Å².